The Labute approximate surface area is 92.9 Å². The van der Waals surface area contributed by atoms with Gasteiger partial charge in [-0.2, -0.15) is 0 Å². The lowest BCUT2D eigenvalue weighted by Gasteiger charge is -2.05. The summed E-state index contributed by atoms with van der Waals surface area (Å²) in [5, 5.41) is 9.52. The van der Waals surface area contributed by atoms with Gasteiger partial charge in [-0.15, -0.1) is 0 Å². The van der Waals surface area contributed by atoms with Crippen molar-refractivity contribution in [2.45, 2.75) is 6.92 Å². The number of esters is 1. The Morgan fingerprint density at radius 1 is 1.47 bits per heavy atom. The summed E-state index contributed by atoms with van der Waals surface area (Å²) in [6.45, 7) is 1.97. The highest BCUT2D eigenvalue weighted by Gasteiger charge is 2.12. The molecule has 15 heavy (non-hydrogen) atoms. The summed E-state index contributed by atoms with van der Waals surface area (Å²) in [6.07, 6.45) is 0.737. The Kier molecular flexibility index (Phi) is 4.18. The standard InChI is InChI=1S/C11H11ClO3/c1-2-15-11(14)10(7-13)8-3-5-9(12)6-4-8/h3-7,13H,2H2,1H3/b10-7-. The van der Waals surface area contributed by atoms with E-state index in [0.717, 1.165) is 6.26 Å². The van der Waals surface area contributed by atoms with E-state index < -0.39 is 5.97 Å². The van der Waals surface area contributed by atoms with Gasteiger partial charge in [0.25, 0.3) is 0 Å². The number of rotatable bonds is 3. The van der Waals surface area contributed by atoms with Crippen molar-refractivity contribution in [2.24, 2.45) is 0 Å². The van der Waals surface area contributed by atoms with Crippen molar-refractivity contribution >= 4 is 23.1 Å². The van der Waals surface area contributed by atoms with Crippen molar-refractivity contribution in [3.05, 3.63) is 41.1 Å². The maximum atomic E-state index is 11.4. The van der Waals surface area contributed by atoms with Crippen LogP contribution < -0.4 is 0 Å². The van der Waals surface area contributed by atoms with E-state index in [1.807, 2.05) is 0 Å². The molecule has 0 spiro atoms. The molecule has 0 aliphatic heterocycles. The molecule has 0 unspecified atom stereocenters. The summed E-state index contributed by atoms with van der Waals surface area (Å²) in [6, 6.07) is 6.56. The molecule has 0 aromatic heterocycles. The van der Waals surface area contributed by atoms with Crippen molar-refractivity contribution in [1.29, 1.82) is 0 Å². The summed E-state index contributed by atoms with van der Waals surface area (Å²) >= 11 is 5.70. The van der Waals surface area contributed by atoms with E-state index in [4.69, 9.17) is 21.4 Å². The predicted molar refractivity (Wildman–Crippen MR) is 58.7 cm³/mol. The van der Waals surface area contributed by atoms with Crippen LogP contribution in [0, 0.1) is 0 Å². The summed E-state index contributed by atoms with van der Waals surface area (Å²) in [5.74, 6) is -0.553. The van der Waals surface area contributed by atoms with E-state index in [2.05, 4.69) is 0 Å². The lowest BCUT2D eigenvalue weighted by atomic mass is 10.1. The largest absolute Gasteiger partial charge is 0.515 e. The molecule has 0 fully saturated rings. The average molecular weight is 227 g/mol. The maximum absolute atomic E-state index is 11.4. The van der Waals surface area contributed by atoms with Crippen LogP contribution >= 0.6 is 11.6 Å². The first-order valence-corrected chi connectivity index (χ1v) is 4.84. The molecule has 1 aromatic carbocycles. The Morgan fingerprint density at radius 3 is 2.53 bits per heavy atom. The lowest BCUT2D eigenvalue weighted by Crippen LogP contribution is -2.06. The highest BCUT2D eigenvalue weighted by Crippen LogP contribution is 2.18. The van der Waals surface area contributed by atoms with Gasteiger partial charge in [-0.1, -0.05) is 23.7 Å². The molecular weight excluding hydrogens is 216 g/mol. The van der Waals surface area contributed by atoms with E-state index in [-0.39, 0.29) is 12.2 Å². The first kappa shape index (κ1) is 11.6. The van der Waals surface area contributed by atoms with Gasteiger partial charge in [0.1, 0.15) is 5.57 Å². The van der Waals surface area contributed by atoms with E-state index in [1.54, 1.807) is 31.2 Å². The smallest absolute Gasteiger partial charge is 0.341 e. The zero-order valence-electron chi connectivity index (χ0n) is 8.24. The third-order valence-electron chi connectivity index (χ3n) is 1.78. The van der Waals surface area contributed by atoms with E-state index in [1.165, 1.54) is 0 Å². The first-order valence-electron chi connectivity index (χ1n) is 4.46. The first-order chi connectivity index (χ1) is 7.19. The summed E-state index contributed by atoms with van der Waals surface area (Å²) in [4.78, 5) is 11.4. The normalized spacial score (nSPS) is 11.2. The van der Waals surface area contributed by atoms with Gasteiger partial charge in [0.05, 0.1) is 12.9 Å². The van der Waals surface area contributed by atoms with Crippen molar-refractivity contribution in [2.75, 3.05) is 6.61 Å². The molecule has 1 rings (SSSR count). The average Bonchev–Trinajstić information content (AvgIpc) is 2.22. The fourth-order valence-corrected chi connectivity index (χ4v) is 1.21. The Hall–Kier alpha value is -1.48. The van der Waals surface area contributed by atoms with Crippen LogP contribution in [0.3, 0.4) is 0 Å². The molecule has 0 saturated carbocycles. The molecule has 1 N–H and O–H groups in total. The van der Waals surface area contributed by atoms with E-state index in [0.29, 0.717) is 10.6 Å². The zero-order chi connectivity index (χ0) is 11.3. The topological polar surface area (TPSA) is 46.5 Å². The second-order valence-electron chi connectivity index (χ2n) is 2.77. The van der Waals surface area contributed by atoms with Crippen molar-refractivity contribution in [3.63, 3.8) is 0 Å². The number of carbonyl (C=O) groups excluding carboxylic acids is 1. The van der Waals surface area contributed by atoms with Crippen molar-refractivity contribution in [1.82, 2.24) is 0 Å². The fourth-order valence-electron chi connectivity index (χ4n) is 1.08. The lowest BCUT2D eigenvalue weighted by molar-refractivity contribution is -0.136. The van der Waals surface area contributed by atoms with Crippen LogP contribution in [0.2, 0.25) is 5.02 Å². The number of benzene rings is 1. The van der Waals surface area contributed by atoms with Crippen LogP contribution in [0.4, 0.5) is 0 Å². The third kappa shape index (κ3) is 2.99. The van der Waals surface area contributed by atoms with Crippen LogP contribution in [0.1, 0.15) is 12.5 Å². The molecule has 0 bridgehead atoms. The number of hydrogen-bond acceptors (Lipinski definition) is 3. The molecule has 4 heteroatoms. The van der Waals surface area contributed by atoms with Gasteiger partial charge in [-0.3, -0.25) is 0 Å². The summed E-state index contributed by atoms with van der Waals surface area (Å²) in [5.41, 5.74) is 0.689. The van der Waals surface area contributed by atoms with Crippen LogP contribution in [-0.2, 0) is 9.53 Å². The molecule has 0 radical (unpaired) electrons. The van der Waals surface area contributed by atoms with E-state index >= 15 is 0 Å². The number of aliphatic hydroxyl groups is 1. The third-order valence-corrected chi connectivity index (χ3v) is 2.03. The van der Waals surface area contributed by atoms with Crippen molar-refractivity contribution < 1.29 is 14.6 Å². The van der Waals surface area contributed by atoms with Gasteiger partial charge in [-0.25, -0.2) is 4.79 Å². The molecule has 0 heterocycles. The monoisotopic (exact) mass is 226 g/mol. The second kappa shape index (κ2) is 5.41. The Morgan fingerprint density at radius 2 is 2.07 bits per heavy atom. The van der Waals surface area contributed by atoms with Crippen molar-refractivity contribution in [3.8, 4) is 0 Å². The van der Waals surface area contributed by atoms with Gasteiger partial charge in [0.15, 0.2) is 0 Å². The molecule has 0 atom stereocenters. The number of ether oxygens (including phenoxy) is 1. The van der Waals surface area contributed by atoms with Crippen LogP contribution in [0.25, 0.3) is 5.57 Å². The highest BCUT2D eigenvalue weighted by atomic mass is 35.5. The van der Waals surface area contributed by atoms with Crippen LogP contribution in [0.15, 0.2) is 30.5 Å². The van der Waals surface area contributed by atoms with Gasteiger partial charge in [0, 0.05) is 5.02 Å². The number of halogens is 1. The molecule has 80 valence electrons. The molecule has 1 aromatic rings. The number of hydrogen-bond donors (Lipinski definition) is 1. The molecular formula is C11H11ClO3. The fraction of sp³-hybridized carbons (Fsp3) is 0.182. The SMILES string of the molecule is CCOC(=O)/C(=C\O)c1ccc(Cl)cc1. The van der Waals surface area contributed by atoms with Gasteiger partial charge >= 0.3 is 5.97 Å². The van der Waals surface area contributed by atoms with Gasteiger partial charge in [-0.05, 0) is 24.6 Å². The minimum absolute atomic E-state index is 0.119. The molecule has 0 amide bonds. The van der Waals surface area contributed by atoms with Gasteiger partial charge < -0.3 is 9.84 Å². The second-order valence-corrected chi connectivity index (χ2v) is 3.21. The van der Waals surface area contributed by atoms with E-state index in [9.17, 15) is 4.79 Å². The maximum Gasteiger partial charge on any atom is 0.341 e. The number of aliphatic hydroxyl groups excluding tert-OH is 1. The quantitative estimate of drug-likeness (QED) is 0.490. The van der Waals surface area contributed by atoms with Crippen LogP contribution in [-0.4, -0.2) is 17.7 Å². The summed E-state index contributed by atoms with van der Waals surface area (Å²) in [7, 11) is 0. The van der Waals surface area contributed by atoms with Gasteiger partial charge in [0.2, 0.25) is 0 Å². The zero-order valence-corrected chi connectivity index (χ0v) is 8.99. The minimum atomic E-state index is -0.553. The molecule has 0 aliphatic rings. The minimum Gasteiger partial charge on any atom is -0.515 e. The predicted octanol–water partition coefficient (Wildman–Crippen LogP) is 2.80. The molecule has 3 nitrogen and oxygen atoms in total. The summed E-state index contributed by atoms with van der Waals surface area (Å²) < 4.78 is 4.78. The molecule has 0 saturated heterocycles. The highest BCUT2D eigenvalue weighted by molar-refractivity contribution is 6.30. The van der Waals surface area contributed by atoms with Crippen LogP contribution in [0.5, 0.6) is 0 Å². The Balaban J connectivity index is 2.94. The molecule has 0 aliphatic carbocycles. The number of carbonyl (C=O) groups is 1. The Bertz CT molecular complexity index is 368.